The van der Waals surface area contributed by atoms with Gasteiger partial charge in [-0.2, -0.15) is 0 Å². The smallest absolute Gasteiger partial charge is 0.410 e. The fourth-order valence-corrected chi connectivity index (χ4v) is 1.46. The minimum atomic E-state index is -0.974. The average Bonchev–Trinajstić information content (AvgIpc) is 2.62. The zero-order valence-corrected chi connectivity index (χ0v) is 7.81. The summed E-state index contributed by atoms with van der Waals surface area (Å²) in [6.07, 6.45) is 2.08. The SMILES string of the molecule is C=CCOC(=O)N1CCC[C@@H]1C(=O)O. The summed E-state index contributed by atoms with van der Waals surface area (Å²) in [7, 11) is 0. The van der Waals surface area contributed by atoms with Gasteiger partial charge in [-0.25, -0.2) is 9.59 Å². The van der Waals surface area contributed by atoms with Crippen LogP contribution < -0.4 is 0 Å². The van der Waals surface area contributed by atoms with Crippen LogP contribution in [0.4, 0.5) is 4.79 Å². The number of nitrogens with zero attached hydrogens (tertiary/aromatic N) is 1. The normalized spacial score (nSPS) is 20.6. The first-order valence-corrected chi connectivity index (χ1v) is 4.44. The number of carbonyl (C=O) groups excluding carboxylic acids is 1. The van der Waals surface area contributed by atoms with Gasteiger partial charge >= 0.3 is 12.1 Å². The van der Waals surface area contributed by atoms with Crippen molar-refractivity contribution < 1.29 is 19.4 Å². The highest BCUT2D eigenvalue weighted by Gasteiger charge is 2.34. The van der Waals surface area contributed by atoms with Crippen molar-refractivity contribution in [3.63, 3.8) is 0 Å². The molecule has 0 aliphatic carbocycles. The second kappa shape index (κ2) is 4.64. The highest BCUT2D eigenvalue weighted by Crippen LogP contribution is 2.18. The second-order valence-electron chi connectivity index (χ2n) is 3.06. The number of likely N-dealkylation sites (tertiary alicyclic amines) is 1. The lowest BCUT2D eigenvalue weighted by atomic mass is 10.2. The van der Waals surface area contributed by atoms with Gasteiger partial charge in [0, 0.05) is 6.54 Å². The Bertz CT molecular complexity index is 251. The topological polar surface area (TPSA) is 66.8 Å². The van der Waals surface area contributed by atoms with Gasteiger partial charge in [0.15, 0.2) is 0 Å². The van der Waals surface area contributed by atoms with Crippen molar-refractivity contribution in [2.75, 3.05) is 13.2 Å². The fourth-order valence-electron chi connectivity index (χ4n) is 1.46. The Morgan fingerprint density at radius 2 is 2.36 bits per heavy atom. The van der Waals surface area contributed by atoms with Gasteiger partial charge in [0.1, 0.15) is 12.6 Å². The number of carbonyl (C=O) groups is 2. The molecule has 1 atom stereocenters. The van der Waals surface area contributed by atoms with Gasteiger partial charge < -0.3 is 9.84 Å². The van der Waals surface area contributed by atoms with Gasteiger partial charge in [0.05, 0.1) is 0 Å². The lowest BCUT2D eigenvalue weighted by Gasteiger charge is -2.20. The summed E-state index contributed by atoms with van der Waals surface area (Å²) < 4.78 is 4.76. The first-order chi connectivity index (χ1) is 6.66. The Labute approximate surface area is 82.0 Å². The van der Waals surface area contributed by atoms with Crippen molar-refractivity contribution in [1.29, 1.82) is 0 Å². The van der Waals surface area contributed by atoms with Crippen molar-refractivity contribution in [1.82, 2.24) is 4.90 Å². The molecule has 5 nitrogen and oxygen atoms in total. The molecule has 14 heavy (non-hydrogen) atoms. The molecule has 0 bridgehead atoms. The minimum absolute atomic E-state index is 0.113. The number of carboxylic acid groups (broad SMARTS) is 1. The third-order valence-electron chi connectivity index (χ3n) is 2.10. The van der Waals surface area contributed by atoms with Crippen molar-refractivity contribution in [3.05, 3.63) is 12.7 Å². The number of hydrogen-bond acceptors (Lipinski definition) is 3. The number of amides is 1. The average molecular weight is 199 g/mol. The largest absolute Gasteiger partial charge is 0.480 e. The molecule has 0 aromatic rings. The van der Waals surface area contributed by atoms with E-state index in [0.29, 0.717) is 19.4 Å². The molecule has 1 aliphatic heterocycles. The van der Waals surface area contributed by atoms with Gasteiger partial charge in [-0.05, 0) is 12.8 Å². The van der Waals surface area contributed by atoms with E-state index in [-0.39, 0.29) is 6.61 Å². The van der Waals surface area contributed by atoms with E-state index < -0.39 is 18.1 Å². The van der Waals surface area contributed by atoms with Crippen LogP contribution in [-0.4, -0.2) is 41.3 Å². The highest BCUT2D eigenvalue weighted by molar-refractivity contribution is 5.80. The Kier molecular flexibility index (Phi) is 3.50. The quantitative estimate of drug-likeness (QED) is 0.684. The zero-order valence-electron chi connectivity index (χ0n) is 7.81. The summed E-state index contributed by atoms with van der Waals surface area (Å²) in [4.78, 5) is 23.3. The molecule has 1 rings (SSSR count). The van der Waals surface area contributed by atoms with E-state index in [4.69, 9.17) is 9.84 Å². The molecule has 1 heterocycles. The number of ether oxygens (including phenoxy) is 1. The summed E-state index contributed by atoms with van der Waals surface area (Å²) in [5.41, 5.74) is 0. The summed E-state index contributed by atoms with van der Waals surface area (Å²) in [6, 6.07) is -0.729. The molecule has 1 fully saturated rings. The second-order valence-corrected chi connectivity index (χ2v) is 3.06. The van der Waals surface area contributed by atoms with E-state index in [9.17, 15) is 9.59 Å². The van der Waals surface area contributed by atoms with Gasteiger partial charge in [-0.15, -0.1) is 0 Å². The highest BCUT2D eigenvalue weighted by atomic mass is 16.6. The van der Waals surface area contributed by atoms with Crippen molar-refractivity contribution >= 4 is 12.1 Å². The van der Waals surface area contributed by atoms with Crippen LogP contribution in [0.5, 0.6) is 0 Å². The maximum atomic E-state index is 11.3. The number of carboxylic acids is 1. The minimum Gasteiger partial charge on any atom is -0.480 e. The molecule has 5 heteroatoms. The Balaban J connectivity index is 2.53. The first kappa shape index (κ1) is 10.6. The van der Waals surface area contributed by atoms with Crippen molar-refractivity contribution in [2.45, 2.75) is 18.9 Å². The third kappa shape index (κ3) is 2.25. The fraction of sp³-hybridized carbons (Fsp3) is 0.556. The maximum absolute atomic E-state index is 11.3. The van der Waals surface area contributed by atoms with Gasteiger partial charge in [-0.3, -0.25) is 4.90 Å². The summed E-state index contributed by atoms with van der Waals surface area (Å²) >= 11 is 0. The molecule has 1 saturated heterocycles. The summed E-state index contributed by atoms with van der Waals surface area (Å²) in [6.45, 7) is 3.97. The van der Waals surface area contributed by atoms with E-state index in [1.165, 1.54) is 11.0 Å². The standard InChI is InChI=1S/C9H13NO4/c1-2-6-14-9(13)10-5-3-4-7(10)8(11)12/h2,7H,1,3-6H2,(H,11,12)/t7-/m1/s1. The maximum Gasteiger partial charge on any atom is 0.410 e. The lowest BCUT2D eigenvalue weighted by molar-refractivity contribution is -0.141. The van der Waals surface area contributed by atoms with E-state index in [1.807, 2.05) is 0 Å². The van der Waals surface area contributed by atoms with Crippen LogP contribution in [0, 0.1) is 0 Å². The van der Waals surface area contributed by atoms with Crippen LogP contribution >= 0.6 is 0 Å². The Morgan fingerprint density at radius 3 is 2.93 bits per heavy atom. The molecule has 0 spiro atoms. The molecular weight excluding hydrogens is 186 g/mol. The first-order valence-electron chi connectivity index (χ1n) is 4.44. The zero-order chi connectivity index (χ0) is 10.6. The number of hydrogen-bond donors (Lipinski definition) is 1. The van der Waals surface area contributed by atoms with E-state index in [2.05, 4.69) is 6.58 Å². The van der Waals surface area contributed by atoms with Gasteiger partial charge in [0.25, 0.3) is 0 Å². The predicted molar refractivity (Wildman–Crippen MR) is 48.9 cm³/mol. The number of aliphatic carboxylic acids is 1. The molecule has 1 N–H and O–H groups in total. The van der Waals surface area contributed by atoms with Crippen LogP contribution in [0.15, 0.2) is 12.7 Å². The monoisotopic (exact) mass is 199 g/mol. The van der Waals surface area contributed by atoms with Gasteiger partial charge in [-0.1, -0.05) is 12.7 Å². The van der Waals surface area contributed by atoms with Crippen LogP contribution in [0.1, 0.15) is 12.8 Å². The molecule has 0 saturated carbocycles. The predicted octanol–water partition coefficient (Wildman–Crippen LogP) is 0.858. The van der Waals surface area contributed by atoms with E-state index in [1.54, 1.807) is 0 Å². The van der Waals surface area contributed by atoms with Crippen molar-refractivity contribution in [2.24, 2.45) is 0 Å². The Hall–Kier alpha value is -1.52. The van der Waals surface area contributed by atoms with Crippen LogP contribution in [-0.2, 0) is 9.53 Å². The van der Waals surface area contributed by atoms with E-state index in [0.717, 1.165) is 0 Å². The van der Waals surface area contributed by atoms with Crippen LogP contribution in [0.25, 0.3) is 0 Å². The van der Waals surface area contributed by atoms with Gasteiger partial charge in [0.2, 0.25) is 0 Å². The molecule has 0 unspecified atom stereocenters. The summed E-state index contributed by atoms with van der Waals surface area (Å²) in [5, 5.41) is 8.79. The molecule has 1 amide bonds. The molecule has 78 valence electrons. The van der Waals surface area contributed by atoms with Crippen molar-refractivity contribution in [3.8, 4) is 0 Å². The number of rotatable bonds is 3. The lowest BCUT2D eigenvalue weighted by Crippen LogP contribution is -2.40. The van der Waals surface area contributed by atoms with Crippen LogP contribution in [0.3, 0.4) is 0 Å². The third-order valence-corrected chi connectivity index (χ3v) is 2.10. The van der Waals surface area contributed by atoms with E-state index >= 15 is 0 Å². The molecule has 0 aromatic carbocycles. The molecular formula is C9H13NO4. The molecule has 1 aliphatic rings. The van der Waals surface area contributed by atoms with Crippen LogP contribution in [0.2, 0.25) is 0 Å². The molecule has 0 aromatic heterocycles. The molecule has 0 radical (unpaired) electrons. The Morgan fingerprint density at radius 1 is 1.64 bits per heavy atom. The summed E-state index contributed by atoms with van der Waals surface area (Å²) in [5.74, 6) is -0.974.